The van der Waals surface area contributed by atoms with Gasteiger partial charge in [-0.1, -0.05) is 12.1 Å². The molecule has 0 unspecified atom stereocenters. The molecule has 0 atom stereocenters. The zero-order valence-electron chi connectivity index (χ0n) is 15.9. The van der Waals surface area contributed by atoms with Crippen LogP contribution in [0, 0.1) is 23.0 Å². The minimum atomic E-state index is -0.710. The Morgan fingerprint density at radius 2 is 1.87 bits per heavy atom. The minimum absolute atomic E-state index is 0.139. The molecule has 1 aliphatic heterocycles. The standard InChI is InChI=1S/C22H18F2N6/c23-15-6-7-16(18(24)11-15)22-29-19-4-2-1-3-17(19)21(30-22)27-10-9-26-20-8-5-14(12-25)13-28-20/h1-8,11,26,28H,9-10,13H2,(H,27,29,30). The number of hydrogen-bond acceptors (Lipinski definition) is 6. The highest BCUT2D eigenvalue weighted by atomic mass is 19.1. The van der Waals surface area contributed by atoms with Gasteiger partial charge in [-0.2, -0.15) is 5.26 Å². The van der Waals surface area contributed by atoms with E-state index >= 15 is 0 Å². The lowest BCUT2D eigenvalue weighted by molar-refractivity contribution is 0.585. The fraction of sp³-hybridized carbons (Fsp3) is 0.136. The maximum absolute atomic E-state index is 14.2. The number of aromatic nitrogens is 2. The lowest BCUT2D eigenvalue weighted by atomic mass is 10.1. The second-order valence-corrected chi connectivity index (χ2v) is 6.63. The smallest absolute Gasteiger partial charge is 0.165 e. The molecule has 6 nitrogen and oxygen atoms in total. The van der Waals surface area contributed by atoms with Crippen molar-refractivity contribution >= 4 is 16.7 Å². The van der Waals surface area contributed by atoms with Gasteiger partial charge in [0, 0.05) is 30.1 Å². The molecule has 1 aromatic heterocycles. The first-order valence-electron chi connectivity index (χ1n) is 9.39. The number of anilines is 1. The zero-order valence-corrected chi connectivity index (χ0v) is 15.9. The van der Waals surface area contributed by atoms with Crippen molar-refractivity contribution in [2.45, 2.75) is 0 Å². The molecule has 0 aliphatic carbocycles. The molecule has 0 radical (unpaired) electrons. The fourth-order valence-electron chi connectivity index (χ4n) is 3.07. The van der Waals surface area contributed by atoms with Crippen LogP contribution in [0.15, 0.2) is 66.0 Å². The Kier molecular flexibility index (Phi) is 5.52. The fourth-order valence-corrected chi connectivity index (χ4v) is 3.07. The molecule has 0 fully saturated rings. The number of fused-ring (bicyclic) bond motifs is 1. The maximum Gasteiger partial charge on any atom is 0.165 e. The van der Waals surface area contributed by atoms with Gasteiger partial charge in [0.1, 0.15) is 17.5 Å². The van der Waals surface area contributed by atoms with Crippen LogP contribution in [0.25, 0.3) is 22.3 Å². The first-order chi connectivity index (χ1) is 14.6. The van der Waals surface area contributed by atoms with Gasteiger partial charge in [0.25, 0.3) is 0 Å². The van der Waals surface area contributed by atoms with Crippen molar-refractivity contribution in [1.82, 2.24) is 20.6 Å². The largest absolute Gasteiger partial charge is 0.370 e. The van der Waals surface area contributed by atoms with Crippen molar-refractivity contribution in [3.63, 3.8) is 0 Å². The molecule has 0 saturated carbocycles. The monoisotopic (exact) mass is 404 g/mol. The van der Waals surface area contributed by atoms with E-state index in [1.807, 2.05) is 30.3 Å². The van der Waals surface area contributed by atoms with E-state index in [9.17, 15) is 8.78 Å². The molecular formula is C22H18F2N6. The molecule has 0 amide bonds. The SMILES string of the molecule is N#CC1=CC=C(NCCNc2nc(-c3ccc(F)cc3F)nc3ccccc23)NC1. The average molecular weight is 404 g/mol. The molecule has 0 bridgehead atoms. The Hall–Kier alpha value is -3.99. The summed E-state index contributed by atoms with van der Waals surface area (Å²) in [6.07, 6.45) is 3.59. The number of dihydropyridines is 1. The first kappa shape index (κ1) is 19.3. The number of nitrogens with one attached hydrogen (secondary N) is 3. The van der Waals surface area contributed by atoms with E-state index in [4.69, 9.17) is 5.26 Å². The van der Waals surface area contributed by atoms with Gasteiger partial charge in [-0.25, -0.2) is 18.7 Å². The van der Waals surface area contributed by atoms with E-state index in [-0.39, 0.29) is 11.4 Å². The van der Waals surface area contributed by atoms with E-state index in [1.165, 1.54) is 12.1 Å². The van der Waals surface area contributed by atoms with E-state index in [2.05, 4.69) is 32.0 Å². The molecule has 3 aromatic rings. The van der Waals surface area contributed by atoms with Gasteiger partial charge in [-0.15, -0.1) is 0 Å². The van der Waals surface area contributed by atoms with Crippen molar-refractivity contribution in [2.75, 3.05) is 25.0 Å². The number of hydrogen-bond donors (Lipinski definition) is 3. The highest BCUT2D eigenvalue weighted by molar-refractivity contribution is 5.90. The van der Waals surface area contributed by atoms with Gasteiger partial charge in [0.05, 0.1) is 29.5 Å². The van der Waals surface area contributed by atoms with Gasteiger partial charge in [0.2, 0.25) is 0 Å². The van der Waals surface area contributed by atoms with Crippen molar-refractivity contribution in [2.24, 2.45) is 0 Å². The van der Waals surface area contributed by atoms with Crippen LogP contribution < -0.4 is 16.0 Å². The van der Waals surface area contributed by atoms with Crippen LogP contribution in [0.5, 0.6) is 0 Å². The van der Waals surface area contributed by atoms with E-state index < -0.39 is 11.6 Å². The van der Waals surface area contributed by atoms with E-state index in [1.54, 1.807) is 6.08 Å². The van der Waals surface area contributed by atoms with Crippen LogP contribution in [-0.4, -0.2) is 29.6 Å². The quantitative estimate of drug-likeness (QED) is 0.546. The van der Waals surface area contributed by atoms with E-state index in [0.717, 1.165) is 17.3 Å². The van der Waals surface area contributed by atoms with E-state index in [0.29, 0.717) is 36.5 Å². The molecule has 2 aromatic carbocycles. The summed E-state index contributed by atoms with van der Waals surface area (Å²) in [6, 6.07) is 12.9. The normalized spacial score (nSPS) is 13.1. The van der Waals surface area contributed by atoms with Crippen LogP contribution in [0.4, 0.5) is 14.6 Å². The Morgan fingerprint density at radius 3 is 2.63 bits per heavy atom. The van der Waals surface area contributed by atoms with Gasteiger partial charge in [0.15, 0.2) is 5.82 Å². The molecule has 30 heavy (non-hydrogen) atoms. The second-order valence-electron chi connectivity index (χ2n) is 6.63. The molecular weight excluding hydrogens is 386 g/mol. The summed E-state index contributed by atoms with van der Waals surface area (Å²) in [4.78, 5) is 8.91. The zero-order chi connectivity index (χ0) is 20.9. The maximum atomic E-state index is 14.2. The van der Waals surface area contributed by atoms with Crippen molar-refractivity contribution in [1.29, 1.82) is 5.26 Å². The third-order valence-corrected chi connectivity index (χ3v) is 4.57. The molecule has 8 heteroatoms. The summed E-state index contributed by atoms with van der Waals surface area (Å²) in [5.41, 5.74) is 1.47. The lowest BCUT2D eigenvalue weighted by Gasteiger charge is -2.16. The number of benzene rings is 2. The molecule has 0 saturated heterocycles. The Morgan fingerprint density at radius 1 is 1.03 bits per heavy atom. The Labute approximate surface area is 172 Å². The summed E-state index contributed by atoms with van der Waals surface area (Å²) < 4.78 is 27.5. The Balaban J connectivity index is 1.52. The van der Waals surface area contributed by atoms with Gasteiger partial charge in [-0.05, 0) is 36.4 Å². The number of nitriles is 1. The molecule has 2 heterocycles. The summed E-state index contributed by atoms with van der Waals surface area (Å²) in [7, 11) is 0. The number of halogens is 2. The average Bonchev–Trinajstić information content (AvgIpc) is 2.77. The van der Waals surface area contributed by atoms with Crippen LogP contribution in [-0.2, 0) is 0 Å². The molecule has 4 rings (SSSR count). The summed E-state index contributed by atoms with van der Waals surface area (Å²) in [5, 5.41) is 19.3. The van der Waals surface area contributed by atoms with Gasteiger partial charge in [-0.3, -0.25) is 0 Å². The first-order valence-corrected chi connectivity index (χ1v) is 9.39. The number of para-hydroxylation sites is 1. The predicted octanol–water partition coefficient (Wildman–Crippen LogP) is 3.47. The molecule has 150 valence electrons. The molecule has 1 aliphatic rings. The summed E-state index contributed by atoms with van der Waals surface area (Å²) in [6.45, 7) is 1.62. The van der Waals surface area contributed by atoms with Crippen molar-refractivity contribution in [3.05, 3.63) is 77.6 Å². The molecule has 3 N–H and O–H groups in total. The second kappa shape index (κ2) is 8.57. The van der Waals surface area contributed by atoms with Crippen LogP contribution >= 0.6 is 0 Å². The van der Waals surface area contributed by atoms with Gasteiger partial charge >= 0.3 is 0 Å². The highest BCUT2D eigenvalue weighted by Gasteiger charge is 2.13. The summed E-state index contributed by atoms with van der Waals surface area (Å²) >= 11 is 0. The molecule has 0 spiro atoms. The van der Waals surface area contributed by atoms with Gasteiger partial charge < -0.3 is 16.0 Å². The van der Waals surface area contributed by atoms with Crippen molar-refractivity contribution in [3.8, 4) is 17.5 Å². The van der Waals surface area contributed by atoms with Crippen molar-refractivity contribution < 1.29 is 8.78 Å². The third-order valence-electron chi connectivity index (χ3n) is 4.57. The lowest BCUT2D eigenvalue weighted by Crippen LogP contribution is -2.32. The van der Waals surface area contributed by atoms with Crippen LogP contribution in [0.3, 0.4) is 0 Å². The van der Waals surface area contributed by atoms with Crippen LogP contribution in [0.1, 0.15) is 0 Å². The highest BCUT2D eigenvalue weighted by Crippen LogP contribution is 2.26. The third kappa shape index (κ3) is 4.20. The summed E-state index contributed by atoms with van der Waals surface area (Å²) in [5.74, 6) is 0.227. The number of rotatable bonds is 6. The Bertz CT molecular complexity index is 1200. The number of nitrogens with zero attached hydrogens (tertiary/aromatic N) is 3. The van der Waals surface area contributed by atoms with Crippen LogP contribution in [0.2, 0.25) is 0 Å². The topological polar surface area (TPSA) is 85.7 Å². The predicted molar refractivity (Wildman–Crippen MR) is 111 cm³/mol. The number of allylic oxidation sites excluding steroid dienone is 2. The minimum Gasteiger partial charge on any atom is -0.370 e.